The van der Waals surface area contributed by atoms with Gasteiger partial charge in [0.1, 0.15) is 12.1 Å². The van der Waals surface area contributed by atoms with Gasteiger partial charge in [-0.15, -0.1) is 0 Å². The lowest BCUT2D eigenvalue weighted by Gasteiger charge is -2.20. The Morgan fingerprint density at radius 3 is 2.66 bits per heavy atom. The van der Waals surface area contributed by atoms with Crippen molar-refractivity contribution in [2.75, 3.05) is 38.7 Å². The van der Waals surface area contributed by atoms with Crippen molar-refractivity contribution in [1.82, 2.24) is 14.5 Å². The van der Waals surface area contributed by atoms with Crippen molar-refractivity contribution < 1.29 is 4.74 Å². The Labute approximate surface area is 189 Å². The van der Waals surface area contributed by atoms with Gasteiger partial charge in [0, 0.05) is 36.3 Å². The predicted molar refractivity (Wildman–Crippen MR) is 129 cm³/mol. The van der Waals surface area contributed by atoms with Crippen molar-refractivity contribution in [1.29, 1.82) is 0 Å². The van der Waals surface area contributed by atoms with Crippen LogP contribution in [0.1, 0.15) is 32.6 Å². The fraction of sp³-hybridized carbons (Fsp3) is 0.462. The molecule has 1 saturated carbocycles. The average molecular weight is 433 g/mol. The lowest BCUT2D eigenvalue weighted by Crippen LogP contribution is -2.25. The molecule has 168 valence electrons. The van der Waals surface area contributed by atoms with Gasteiger partial charge in [-0.1, -0.05) is 13.3 Å². The maximum absolute atomic E-state index is 13.1. The Hall–Kier alpha value is -2.86. The summed E-state index contributed by atoms with van der Waals surface area (Å²) in [7, 11) is 4.37. The zero-order chi connectivity index (χ0) is 22.3. The number of hydrogen-bond acceptors (Lipinski definition) is 5. The summed E-state index contributed by atoms with van der Waals surface area (Å²) in [5.41, 5.74) is 3.14. The van der Waals surface area contributed by atoms with Gasteiger partial charge in [-0.2, -0.15) is 0 Å². The van der Waals surface area contributed by atoms with E-state index in [-0.39, 0.29) is 5.56 Å². The Morgan fingerprint density at radius 1 is 1.16 bits per heavy atom. The number of hydrogen-bond donors (Lipinski definition) is 0. The van der Waals surface area contributed by atoms with E-state index in [2.05, 4.69) is 47.9 Å². The first-order chi connectivity index (χ1) is 15.5. The summed E-state index contributed by atoms with van der Waals surface area (Å²) in [6.45, 7) is 5.04. The van der Waals surface area contributed by atoms with Crippen molar-refractivity contribution in [3.63, 3.8) is 0 Å². The number of benzene rings is 2. The third-order valence-corrected chi connectivity index (χ3v) is 7.15. The van der Waals surface area contributed by atoms with Crippen LogP contribution in [0.4, 0.5) is 5.69 Å². The molecule has 1 saturated heterocycles. The third kappa shape index (κ3) is 3.77. The fourth-order valence-electron chi connectivity index (χ4n) is 5.14. The van der Waals surface area contributed by atoms with Crippen molar-refractivity contribution in [3.8, 4) is 11.4 Å². The first-order valence-electron chi connectivity index (χ1n) is 11.7. The van der Waals surface area contributed by atoms with Crippen LogP contribution in [0, 0.1) is 5.41 Å². The topological polar surface area (TPSA) is 50.6 Å². The highest BCUT2D eigenvalue weighted by Gasteiger charge is 2.58. The minimum Gasteiger partial charge on any atom is -0.494 e. The largest absolute Gasteiger partial charge is 0.494 e. The summed E-state index contributed by atoms with van der Waals surface area (Å²) in [5, 5.41) is 0.601. The minimum absolute atomic E-state index is 0.0604. The van der Waals surface area contributed by atoms with Gasteiger partial charge in [0.2, 0.25) is 0 Å². The van der Waals surface area contributed by atoms with E-state index >= 15 is 0 Å². The van der Waals surface area contributed by atoms with E-state index in [4.69, 9.17) is 4.74 Å². The van der Waals surface area contributed by atoms with Crippen LogP contribution in [0.5, 0.6) is 5.75 Å². The molecule has 3 aromatic rings. The van der Waals surface area contributed by atoms with Gasteiger partial charge in [-0.25, -0.2) is 4.98 Å². The molecule has 2 heterocycles. The van der Waals surface area contributed by atoms with Gasteiger partial charge in [0.05, 0.1) is 23.2 Å². The Balaban J connectivity index is 1.34. The standard InChI is InChI=1S/C26H32N4O2/c1-4-5-14-32-21-10-11-22-23(15-21)27-18-30(25(22)31)20-8-6-19(7-9-20)29-13-12-26(17-29)16-24(26)28(2)3/h6-11,15,18,24H,4-5,12-14,16-17H2,1-3H3. The molecule has 1 aliphatic heterocycles. The number of nitrogens with zero attached hydrogens (tertiary/aromatic N) is 4. The van der Waals surface area contributed by atoms with Crippen LogP contribution in [0.25, 0.3) is 16.6 Å². The predicted octanol–water partition coefficient (Wildman–Crippen LogP) is 4.10. The number of anilines is 1. The Kier molecular flexibility index (Phi) is 5.41. The summed E-state index contributed by atoms with van der Waals surface area (Å²) < 4.78 is 7.38. The first-order valence-corrected chi connectivity index (χ1v) is 11.7. The summed E-state index contributed by atoms with van der Waals surface area (Å²) in [6, 6.07) is 14.5. The van der Waals surface area contributed by atoms with Crippen LogP contribution in [0.15, 0.2) is 53.6 Å². The average Bonchev–Trinajstić information content (AvgIpc) is 3.35. The van der Waals surface area contributed by atoms with Crippen LogP contribution in [-0.2, 0) is 0 Å². The van der Waals surface area contributed by atoms with E-state index in [9.17, 15) is 4.79 Å². The number of aromatic nitrogens is 2. The summed E-state index contributed by atoms with van der Waals surface area (Å²) in [4.78, 5) is 22.5. The molecule has 0 amide bonds. The molecule has 6 heteroatoms. The van der Waals surface area contributed by atoms with E-state index in [0.29, 0.717) is 29.0 Å². The lowest BCUT2D eigenvalue weighted by atomic mass is 10.1. The molecular formula is C26H32N4O2. The quantitative estimate of drug-likeness (QED) is 0.526. The summed E-state index contributed by atoms with van der Waals surface area (Å²) in [6.07, 6.45) is 6.28. The maximum Gasteiger partial charge on any atom is 0.265 e. The van der Waals surface area contributed by atoms with Crippen LogP contribution < -0.4 is 15.2 Å². The van der Waals surface area contributed by atoms with Crippen molar-refractivity contribution in [2.45, 2.75) is 38.6 Å². The van der Waals surface area contributed by atoms with Crippen molar-refractivity contribution >= 4 is 16.6 Å². The second kappa shape index (κ2) is 8.24. The fourth-order valence-corrected chi connectivity index (χ4v) is 5.14. The van der Waals surface area contributed by atoms with Crippen LogP contribution in [-0.4, -0.2) is 54.3 Å². The van der Waals surface area contributed by atoms with Crippen molar-refractivity contribution in [2.24, 2.45) is 5.41 Å². The highest BCUT2D eigenvalue weighted by molar-refractivity contribution is 5.79. The SMILES string of the molecule is CCCCOc1ccc2c(=O)n(-c3ccc(N4CCC5(CC5N(C)C)C4)cc3)cnc2c1. The first kappa shape index (κ1) is 21.0. The molecular weight excluding hydrogens is 400 g/mol. The van der Waals surface area contributed by atoms with Crippen LogP contribution in [0.3, 0.4) is 0 Å². The zero-order valence-electron chi connectivity index (χ0n) is 19.3. The third-order valence-electron chi connectivity index (χ3n) is 7.15. The normalized spacial score (nSPS) is 22.2. The van der Waals surface area contributed by atoms with Gasteiger partial charge in [0.25, 0.3) is 5.56 Å². The zero-order valence-corrected chi connectivity index (χ0v) is 19.3. The van der Waals surface area contributed by atoms with E-state index in [1.165, 1.54) is 18.5 Å². The van der Waals surface area contributed by atoms with Crippen LogP contribution in [0.2, 0.25) is 0 Å². The van der Waals surface area contributed by atoms with E-state index in [1.54, 1.807) is 10.9 Å². The van der Waals surface area contributed by atoms with Gasteiger partial charge in [-0.3, -0.25) is 9.36 Å². The van der Waals surface area contributed by atoms with E-state index in [0.717, 1.165) is 37.4 Å². The lowest BCUT2D eigenvalue weighted by molar-refractivity contribution is 0.310. The minimum atomic E-state index is -0.0604. The van der Waals surface area contributed by atoms with Gasteiger partial charge in [-0.05, 0) is 69.8 Å². The molecule has 1 aliphatic carbocycles. The van der Waals surface area contributed by atoms with E-state index < -0.39 is 0 Å². The molecule has 1 spiro atoms. The molecule has 0 bridgehead atoms. The molecule has 2 aliphatic rings. The highest BCUT2D eigenvalue weighted by atomic mass is 16.5. The number of fused-ring (bicyclic) bond motifs is 1. The number of rotatable bonds is 7. The molecule has 2 aromatic carbocycles. The molecule has 0 N–H and O–H groups in total. The van der Waals surface area contributed by atoms with Crippen molar-refractivity contribution in [3.05, 3.63) is 59.1 Å². The highest BCUT2D eigenvalue weighted by Crippen LogP contribution is 2.55. The van der Waals surface area contributed by atoms with Gasteiger partial charge < -0.3 is 14.5 Å². The second-order valence-electron chi connectivity index (χ2n) is 9.53. The Bertz CT molecular complexity index is 1170. The monoisotopic (exact) mass is 432 g/mol. The molecule has 6 nitrogen and oxygen atoms in total. The molecule has 1 aromatic heterocycles. The van der Waals surface area contributed by atoms with Crippen LogP contribution >= 0.6 is 0 Å². The second-order valence-corrected chi connectivity index (χ2v) is 9.53. The summed E-state index contributed by atoms with van der Waals surface area (Å²) >= 11 is 0. The van der Waals surface area contributed by atoms with Gasteiger partial charge >= 0.3 is 0 Å². The van der Waals surface area contributed by atoms with Gasteiger partial charge in [0.15, 0.2) is 0 Å². The molecule has 32 heavy (non-hydrogen) atoms. The molecule has 2 atom stereocenters. The maximum atomic E-state index is 13.1. The smallest absolute Gasteiger partial charge is 0.265 e. The number of unbranched alkanes of at least 4 members (excludes halogenated alkanes) is 1. The van der Waals surface area contributed by atoms with E-state index in [1.807, 2.05) is 30.3 Å². The summed E-state index contributed by atoms with van der Waals surface area (Å²) in [5.74, 6) is 0.760. The number of ether oxygens (including phenoxy) is 1. The molecule has 2 fully saturated rings. The molecule has 5 rings (SSSR count). The molecule has 0 radical (unpaired) electrons. The molecule has 2 unspecified atom stereocenters. The Morgan fingerprint density at radius 2 is 1.94 bits per heavy atom.